The molecule has 0 aliphatic carbocycles. The average Bonchev–Trinajstić information content (AvgIpc) is 3.66. The van der Waals surface area contributed by atoms with Crippen LogP contribution in [-0.4, -0.2) is 0 Å². The van der Waals surface area contributed by atoms with Crippen LogP contribution in [0.5, 0.6) is 0 Å². The van der Waals surface area contributed by atoms with E-state index in [9.17, 15) is 0 Å². The van der Waals surface area contributed by atoms with Crippen molar-refractivity contribution < 1.29 is 4.42 Å². The molecule has 0 amide bonds. The predicted octanol–water partition coefficient (Wildman–Crippen LogP) is 15.5. The smallest absolute Gasteiger partial charge is 0.143 e. The summed E-state index contributed by atoms with van der Waals surface area (Å²) in [5, 5.41) is 9.78. The van der Waals surface area contributed by atoms with Crippen molar-refractivity contribution in [3.8, 4) is 33.4 Å². The highest BCUT2D eigenvalue weighted by atomic mass is 16.3. The predicted molar refractivity (Wildman–Crippen MR) is 237 cm³/mol. The summed E-state index contributed by atoms with van der Waals surface area (Å²) in [6.07, 6.45) is 0. The Morgan fingerprint density at radius 2 is 0.786 bits per heavy atom. The van der Waals surface area contributed by atoms with Gasteiger partial charge in [0.25, 0.3) is 0 Å². The van der Waals surface area contributed by atoms with Crippen LogP contribution in [0.2, 0.25) is 0 Å². The molecule has 56 heavy (non-hydrogen) atoms. The SMILES string of the molecule is c1ccc(-c2ccccc2-c2ccc(N(c3ccc(-c4cccc5c4oc4ccccc45)cc3)c3ccc4ccc5c6ccccc6ccc5c4c3)cc2)cc1. The minimum Gasteiger partial charge on any atom is -0.455 e. The Morgan fingerprint density at radius 1 is 0.286 bits per heavy atom. The molecule has 11 aromatic rings. The second kappa shape index (κ2) is 13.2. The highest BCUT2D eigenvalue weighted by Crippen LogP contribution is 2.42. The number of hydrogen-bond donors (Lipinski definition) is 0. The molecule has 0 unspecified atom stereocenters. The van der Waals surface area contributed by atoms with Crippen LogP contribution in [0, 0.1) is 0 Å². The molecule has 0 fully saturated rings. The maximum Gasteiger partial charge on any atom is 0.143 e. The van der Waals surface area contributed by atoms with Crippen LogP contribution in [0.25, 0.3) is 87.6 Å². The Balaban J connectivity index is 1.05. The van der Waals surface area contributed by atoms with E-state index in [1.165, 1.54) is 54.6 Å². The lowest BCUT2D eigenvalue weighted by atomic mass is 9.94. The van der Waals surface area contributed by atoms with Crippen LogP contribution in [0.15, 0.2) is 217 Å². The summed E-state index contributed by atoms with van der Waals surface area (Å²) >= 11 is 0. The van der Waals surface area contributed by atoms with Crippen LogP contribution >= 0.6 is 0 Å². The van der Waals surface area contributed by atoms with E-state index >= 15 is 0 Å². The maximum absolute atomic E-state index is 6.43. The van der Waals surface area contributed by atoms with Crippen molar-refractivity contribution >= 4 is 71.3 Å². The molecule has 2 heteroatoms. The lowest BCUT2D eigenvalue weighted by molar-refractivity contribution is 0.670. The van der Waals surface area contributed by atoms with E-state index in [2.05, 4.69) is 205 Å². The molecule has 10 aromatic carbocycles. The molecule has 0 bridgehead atoms. The van der Waals surface area contributed by atoms with Gasteiger partial charge in [-0.05, 0) is 103 Å². The standard InChI is InChI=1S/C54H35NO/c1-2-11-36(12-3-1)44-14-6-7-15-45(44)38-21-28-41(29-22-38)55(43-32-25-40-27-33-48-46-16-5-4-13-37(46)26-34-49(48)52(40)35-43)42-30-23-39(24-31-42)47-18-10-19-51-50-17-8-9-20-53(50)56-54(47)51/h1-35H. The van der Waals surface area contributed by atoms with Crippen molar-refractivity contribution in [2.75, 3.05) is 4.90 Å². The van der Waals surface area contributed by atoms with Crippen molar-refractivity contribution in [1.82, 2.24) is 0 Å². The molecular weight excluding hydrogens is 679 g/mol. The van der Waals surface area contributed by atoms with Gasteiger partial charge in [-0.1, -0.05) is 170 Å². The van der Waals surface area contributed by atoms with Crippen molar-refractivity contribution in [2.45, 2.75) is 0 Å². The van der Waals surface area contributed by atoms with E-state index in [-0.39, 0.29) is 0 Å². The Kier molecular flexibility index (Phi) is 7.53. The first-order valence-electron chi connectivity index (χ1n) is 19.2. The molecule has 0 radical (unpaired) electrons. The van der Waals surface area contributed by atoms with Crippen LogP contribution in [0.3, 0.4) is 0 Å². The zero-order valence-electron chi connectivity index (χ0n) is 30.6. The Morgan fingerprint density at radius 3 is 1.52 bits per heavy atom. The normalized spacial score (nSPS) is 11.6. The molecule has 0 aliphatic heterocycles. The number of para-hydroxylation sites is 2. The van der Waals surface area contributed by atoms with E-state index in [4.69, 9.17) is 4.42 Å². The topological polar surface area (TPSA) is 16.4 Å². The van der Waals surface area contributed by atoms with E-state index in [1.807, 2.05) is 12.1 Å². The van der Waals surface area contributed by atoms with Gasteiger partial charge in [-0.25, -0.2) is 0 Å². The number of rotatable bonds is 6. The molecule has 0 aliphatic rings. The third-order valence-corrected chi connectivity index (χ3v) is 11.3. The quantitative estimate of drug-likeness (QED) is 0.160. The van der Waals surface area contributed by atoms with Crippen LogP contribution in [-0.2, 0) is 0 Å². The minimum atomic E-state index is 0.907. The number of fused-ring (bicyclic) bond motifs is 8. The van der Waals surface area contributed by atoms with Crippen molar-refractivity contribution in [3.63, 3.8) is 0 Å². The van der Waals surface area contributed by atoms with Crippen LogP contribution in [0.1, 0.15) is 0 Å². The van der Waals surface area contributed by atoms with Gasteiger partial charge in [0.05, 0.1) is 0 Å². The molecule has 1 aromatic heterocycles. The summed E-state index contributed by atoms with van der Waals surface area (Å²) in [5.41, 5.74) is 12.1. The first-order valence-corrected chi connectivity index (χ1v) is 19.2. The van der Waals surface area contributed by atoms with E-state index in [0.717, 1.165) is 50.1 Å². The van der Waals surface area contributed by atoms with Crippen molar-refractivity contribution in [1.29, 1.82) is 0 Å². The lowest BCUT2D eigenvalue weighted by Crippen LogP contribution is -2.10. The first kappa shape index (κ1) is 32.0. The second-order valence-electron chi connectivity index (χ2n) is 14.5. The largest absolute Gasteiger partial charge is 0.455 e. The average molecular weight is 714 g/mol. The van der Waals surface area contributed by atoms with Crippen molar-refractivity contribution in [2.24, 2.45) is 0 Å². The van der Waals surface area contributed by atoms with Gasteiger partial charge in [-0.15, -0.1) is 0 Å². The van der Waals surface area contributed by atoms with Crippen molar-refractivity contribution in [3.05, 3.63) is 212 Å². The fourth-order valence-electron chi connectivity index (χ4n) is 8.55. The number of anilines is 3. The van der Waals surface area contributed by atoms with Gasteiger partial charge in [-0.2, -0.15) is 0 Å². The van der Waals surface area contributed by atoms with Gasteiger partial charge in [0, 0.05) is 33.4 Å². The third-order valence-electron chi connectivity index (χ3n) is 11.3. The Bertz CT molecular complexity index is 3230. The molecule has 0 saturated heterocycles. The fraction of sp³-hybridized carbons (Fsp3) is 0. The minimum absolute atomic E-state index is 0.907. The number of benzene rings is 10. The Labute approximate surface area is 325 Å². The summed E-state index contributed by atoms with van der Waals surface area (Å²) in [6, 6.07) is 76.5. The molecule has 0 atom stereocenters. The molecule has 0 N–H and O–H groups in total. The van der Waals surface area contributed by atoms with Gasteiger partial charge in [0.2, 0.25) is 0 Å². The van der Waals surface area contributed by atoms with Gasteiger partial charge in [0.1, 0.15) is 11.2 Å². The Hall–Kier alpha value is -7.42. The monoisotopic (exact) mass is 713 g/mol. The highest BCUT2D eigenvalue weighted by molar-refractivity contribution is 6.18. The summed E-state index contributed by atoms with van der Waals surface area (Å²) in [6.45, 7) is 0. The summed E-state index contributed by atoms with van der Waals surface area (Å²) in [7, 11) is 0. The number of hydrogen-bond acceptors (Lipinski definition) is 2. The van der Waals surface area contributed by atoms with E-state index < -0.39 is 0 Å². The zero-order chi connectivity index (χ0) is 37.0. The number of furan rings is 1. The maximum atomic E-state index is 6.43. The van der Waals surface area contributed by atoms with E-state index in [0.29, 0.717) is 0 Å². The molecular formula is C54H35NO. The summed E-state index contributed by atoms with van der Waals surface area (Å²) in [5.74, 6) is 0. The fourth-order valence-corrected chi connectivity index (χ4v) is 8.55. The van der Waals surface area contributed by atoms with E-state index in [1.54, 1.807) is 0 Å². The zero-order valence-corrected chi connectivity index (χ0v) is 30.6. The molecule has 11 rings (SSSR count). The van der Waals surface area contributed by atoms with Gasteiger partial charge in [-0.3, -0.25) is 0 Å². The highest BCUT2D eigenvalue weighted by Gasteiger charge is 2.17. The van der Waals surface area contributed by atoms with Crippen LogP contribution in [0.4, 0.5) is 17.1 Å². The molecule has 0 saturated carbocycles. The second-order valence-corrected chi connectivity index (χ2v) is 14.5. The van der Waals surface area contributed by atoms with Gasteiger partial charge in [0.15, 0.2) is 0 Å². The van der Waals surface area contributed by atoms with Crippen LogP contribution < -0.4 is 4.90 Å². The lowest BCUT2D eigenvalue weighted by Gasteiger charge is -2.26. The molecule has 0 spiro atoms. The van der Waals surface area contributed by atoms with Gasteiger partial charge < -0.3 is 9.32 Å². The molecule has 1 heterocycles. The summed E-state index contributed by atoms with van der Waals surface area (Å²) in [4.78, 5) is 2.37. The molecule has 2 nitrogen and oxygen atoms in total. The molecule has 262 valence electrons. The summed E-state index contributed by atoms with van der Waals surface area (Å²) < 4.78 is 6.43. The number of nitrogens with zero attached hydrogens (tertiary/aromatic N) is 1. The first-order chi connectivity index (χ1) is 27.8. The third kappa shape index (κ3) is 5.34. The van der Waals surface area contributed by atoms with Gasteiger partial charge >= 0.3 is 0 Å².